The highest BCUT2D eigenvalue weighted by Crippen LogP contribution is 2.19. The molecule has 0 atom stereocenters. The zero-order valence-corrected chi connectivity index (χ0v) is 13.3. The van der Waals surface area contributed by atoms with Crippen molar-refractivity contribution in [3.63, 3.8) is 0 Å². The van der Waals surface area contributed by atoms with Crippen molar-refractivity contribution >= 4 is 11.8 Å². The van der Waals surface area contributed by atoms with Crippen molar-refractivity contribution in [1.82, 2.24) is 10.6 Å². The molecule has 120 valence electrons. The molecule has 0 aliphatic rings. The predicted octanol–water partition coefficient (Wildman–Crippen LogP) is 2.54. The van der Waals surface area contributed by atoms with Gasteiger partial charge in [-0.05, 0) is 23.1 Å². The van der Waals surface area contributed by atoms with Gasteiger partial charge in [0, 0.05) is 6.54 Å². The van der Waals surface area contributed by atoms with Crippen LogP contribution >= 0.6 is 0 Å². The van der Waals surface area contributed by atoms with Crippen LogP contribution in [0.2, 0.25) is 0 Å². The van der Waals surface area contributed by atoms with Gasteiger partial charge in [0.15, 0.2) is 0 Å². The van der Waals surface area contributed by atoms with E-state index in [1.165, 1.54) is 0 Å². The smallest absolute Gasteiger partial charge is 0.239 e. The Morgan fingerprint density at radius 3 is 2.13 bits per heavy atom. The van der Waals surface area contributed by atoms with Crippen LogP contribution in [-0.2, 0) is 16.0 Å². The first-order chi connectivity index (χ1) is 11.2. The molecule has 2 rings (SSSR count). The van der Waals surface area contributed by atoms with Crippen LogP contribution in [0, 0.1) is 0 Å². The largest absolute Gasteiger partial charge is 0.355 e. The van der Waals surface area contributed by atoms with Crippen LogP contribution in [0.15, 0.2) is 54.6 Å². The third-order valence-electron chi connectivity index (χ3n) is 3.44. The Balaban J connectivity index is 1.84. The molecule has 0 heterocycles. The average molecular weight is 310 g/mol. The van der Waals surface area contributed by atoms with E-state index in [0.29, 0.717) is 6.54 Å². The molecular weight excluding hydrogens is 288 g/mol. The van der Waals surface area contributed by atoms with E-state index in [4.69, 9.17) is 0 Å². The first-order valence-electron chi connectivity index (χ1n) is 7.87. The molecule has 2 aromatic carbocycles. The Morgan fingerprint density at radius 2 is 1.48 bits per heavy atom. The van der Waals surface area contributed by atoms with Crippen LogP contribution in [0.4, 0.5) is 0 Å². The lowest BCUT2D eigenvalue weighted by Gasteiger charge is -2.07. The Labute approximate surface area is 136 Å². The van der Waals surface area contributed by atoms with Gasteiger partial charge in [0.25, 0.3) is 0 Å². The molecule has 0 saturated carbocycles. The van der Waals surface area contributed by atoms with Gasteiger partial charge >= 0.3 is 0 Å². The van der Waals surface area contributed by atoms with E-state index in [9.17, 15) is 9.59 Å². The Hall–Kier alpha value is -2.62. The lowest BCUT2D eigenvalue weighted by molar-refractivity contribution is -0.125. The van der Waals surface area contributed by atoms with Crippen molar-refractivity contribution in [3.05, 3.63) is 60.2 Å². The van der Waals surface area contributed by atoms with E-state index in [1.54, 1.807) is 0 Å². The molecular formula is C19H22N2O2. The van der Waals surface area contributed by atoms with Gasteiger partial charge < -0.3 is 10.6 Å². The molecule has 0 saturated heterocycles. The minimum Gasteiger partial charge on any atom is -0.355 e. The van der Waals surface area contributed by atoms with Crippen molar-refractivity contribution in [2.24, 2.45) is 0 Å². The van der Waals surface area contributed by atoms with Gasteiger partial charge in [0.05, 0.1) is 13.0 Å². The molecule has 0 unspecified atom stereocenters. The number of carbonyl (C=O) groups is 2. The van der Waals surface area contributed by atoms with E-state index in [1.807, 2.05) is 49.4 Å². The van der Waals surface area contributed by atoms with Crippen LogP contribution in [-0.4, -0.2) is 24.9 Å². The fourth-order valence-corrected chi connectivity index (χ4v) is 2.20. The SMILES string of the molecule is CCCNC(=O)CNC(=O)Cc1ccc(-c2ccccc2)cc1. The average Bonchev–Trinajstić information content (AvgIpc) is 2.59. The zero-order chi connectivity index (χ0) is 16.5. The first kappa shape index (κ1) is 16.7. The maximum absolute atomic E-state index is 11.9. The topological polar surface area (TPSA) is 58.2 Å². The summed E-state index contributed by atoms with van der Waals surface area (Å²) in [6.07, 6.45) is 1.16. The number of nitrogens with one attached hydrogen (secondary N) is 2. The quantitative estimate of drug-likeness (QED) is 0.825. The lowest BCUT2D eigenvalue weighted by Crippen LogP contribution is -2.37. The fourth-order valence-electron chi connectivity index (χ4n) is 2.20. The summed E-state index contributed by atoms with van der Waals surface area (Å²) in [4.78, 5) is 23.3. The van der Waals surface area contributed by atoms with Crippen LogP contribution in [0.5, 0.6) is 0 Å². The fraction of sp³-hybridized carbons (Fsp3) is 0.263. The van der Waals surface area contributed by atoms with E-state index in [0.717, 1.165) is 23.1 Å². The minimum atomic E-state index is -0.153. The summed E-state index contributed by atoms with van der Waals surface area (Å²) in [6.45, 7) is 2.65. The van der Waals surface area contributed by atoms with Crippen molar-refractivity contribution in [2.45, 2.75) is 19.8 Å². The van der Waals surface area contributed by atoms with E-state index < -0.39 is 0 Å². The van der Waals surface area contributed by atoms with Crippen LogP contribution < -0.4 is 10.6 Å². The van der Waals surface area contributed by atoms with Gasteiger partial charge in [0.1, 0.15) is 0 Å². The number of amides is 2. The molecule has 23 heavy (non-hydrogen) atoms. The van der Waals surface area contributed by atoms with E-state index >= 15 is 0 Å². The molecule has 0 aliphatic carbocycles. The molecule has 0 fully saturated rings. The number of rotatable bonds is 7. The Kier molecular flexibility index (Phi) is 6.36. The highest BCUT2D eigenvalue weighted by atomic mass is 16.2. The zero-order valence-electron chi connectivity index (χ0n) is 13.3. The summed E-state index contributed by atoms with van der Waals surface area (Å²) in [5.74, 6) is -0.302. The summed E-state index contributed by atoms with van der Waals surface area (Å²) >= 11 is 0. The van der Waals surface area contributed by atoms with Gasteiger partial charge in [-0.3, -0.25) is 9.59 Å². The molecule has 2 N–H and O–H groups in total. The predicted molar refractivity (Wildman–Crippen MR) is 91.9 cm³/mol. The molecule has 0 aliphatic heterocycles. The van der Waals surface area contributed by atoms with E-state index in [2.05, 4.69) is 22.8 Å². The van der Waals surface area contributed by atoms with Gasteiger partial charge in [-0.25, -0.2) is 0 Å². The summed E-state index contributed by atoms with van der Waals surface area (Å²) in [7, 11) is 0. The number of hydrogen-bond acceptors (Lipinski definition) is 2. The van der Waals surface area contributed by atoms with Gasteiger partial charge in [-0.2, -0.15) is 0 Å². The molecule has 4 nitrogen and oxygen atoms in total. The third-order valence-corrected chi connectivity index (χ3v) is 3.44. The second-order valence-electron chi connectivity index (χ2n) is 5.37. The highest BCUT2D eigenvalue weighted by Gasteiger charge is 2.06. The summed E-state index contributed by atoms with van der Waals surface area (Å²) in [5, 5.41) is 5.36. The van der Waals surface area contributed by atoms with Gasteiger partial charge in [0.2, 0.25) is 11.8 Å². The van der Waals surface area contributed by atoms with Crippen molar-refractivity contribution in [1.29, 1.82) is 0 Å². The second kappa shape index (κ2) is 8.73. The van der Waals surface area contributed by atoms with Crippen LogP contribution in [0.1, 0.15) is 18.9 Å². The molecule has 4 heteroatoms. The monoisotopic (exact) mass is 310 g/mol. The standard InChI is InChI=1S/C19H22N2O2/c1-2-12-20-19(23)14-21-18(22)13-15-8-10-17(11-9-15)16-6-4-3-5-7-16/h3-11H,2,12-14H2,1H3,(H,20,23)(H,21,22). The lowest BCUT2D eigenvalue weighted by atomic mass is 10.0. The maximum Gasteiger partial charge on any atom is 0.239 e. The van der Waals surface area contributed by atoms with E-state index in [-0.39, 0.29) is 24.8 Å². The van der Waals surface area contributed by atoms with Crippen molar-refractivity contribution in [3.8, 4) is 11.1 Å². The maximum atomic E-state index is 11.9. The molecule has 0 radical (unpaired) electrons. The summed E-state index contributed by atoms with van der Waals surface area (Å²) < 4.78 is 0. The van der Waals surface area contributed by atoms with Crippen LogP contribution in [0.3, 0.4) is 0 Å². The second-order valence-corrected chi connectivity index (χ2v) is 5.37. The Bertz CT molecular complexity index is 636. The summed E-state index contributed by atoms with van der Waals surface area (Å²) in [5.41, 5.74) is 3.20. The first-order valence-corrected chi connectivity index (χ1v) is 7.87. The number of benzene rings is 2. The summed E-state index contributed by atoms with van der Waals surface area (Å²) in [6, 6.07) is 18.0. The molecule has 0 aromatic heterocycles. The molecule has 2 aromatic rings. The molecule has 0 bridgehead atoms. The highest BCUT2D eigenvalue weighted by molar-refractivity contribution is 5.85. The third kappa shape index (κ3) is 5.58. The van der Waals surface area contributed by atoms with Crippen molar-refractivity contribution in [2.75, 3.05) is 13.1 Å². The Morgan fingerprint density at radius 1 is 0.826 bits per heavy atom. The van der Waals surface area contributed by atoms with Crippen molar-refractivity contribution < 1.29 is 9.59 Å². The minimum absolute atomic E-state index is 0.0287. The van der Waals surface area contributed by atoms with Gasteiger partial charge in [-0.15, -0.1) is 0 Å². The van der Waals surface area contributed by atoms with Gasteiger partial charge in [-0.1, -0.05) is 61.5 Å². The van der Waals surface area contributed by atoms with Crippen LogP contribution in [0.25, 0.3) is 11.1 Å². The molecule has 2 amide bonds. The number of carbonyl (C=O) groups excluding carboxylic acids is 2. The molecule has 0 spiro atoms. The number of hydrogen-bond donors (Lipinski definition) is 2. The normalized spacial score (nSPS) is 10.1.